The van der Waals surface area contributed by atoms with Gasteiger partial charge in [-0.15, -0.1) is 6.58 Å². The number of ether oxygens (including phenoxy) is 1. The van der Waals surface area contributed by atoms with Crippen LogP contribution >= 0.6 is 0 Å². The number of benzene rings is 2. The first kappa shape index (κ1) is 22.6. The molecule has 0 saturated heterocycles. The van der Waals surface area contributed by atoms with Crippen molar-refractivity contribution in [2.24, 2.45) is 0 Å². The molecule has 1 aliphatic carbocycles. The van der Waals surface area contributed by atoms with Gasteiger partial charge in [0.05, 0.1) is 0 Å². The standard InChI is InChI=1S/C27H38N2O/c1-5-19-29(20-6-2)25-15-17-27(18-16-25,28(3)4)24-13-10-14-26(21-24)30-22-23-11-8-7-9-12-23/h5,7-14,21,25H,1,6,15-20,22H2,2-4H3. The zero-order valence-electron chi connectivity index (χ0n) is 19.0. The highest BCUT2D eigenvalue weighted by Gasteiger charge is 2.40. The summed E-state index contributed by atoms with van der Waals surface area (Å²) in [7, 11) is 4.46. The van der Waals surface area contributed by atoms with E-state index in [9.17, 15) is 0 Å². The lowest BCUT2D eigenvalue weighted by molar-refractivity contribution is 0.0526. The first-order valence-corrected chi connectivity index (χ1v) is 11.4. The lowest BCUT2D eigenvalue weighted by atomic mass is 9.73. The topological polar surface area (TPSA) is 15.7 Å². The fourth-order valence-electron chi connectivity index (χ4n) is 4.93. The molecule has 0 atom stereocenters. The average molecular weight is 407 g/mol. The lowest BCUT2D eigenvalue weighted by Crippen LogP contribution is -2.49. The summed E-state index contributed by atoms with van der Waals surface area (Å²) < 4.78 is 6.13. The molecule has 0 spiro atoms. The second-order valence-electron chi connectivity index (χ2n) is 8.74. The van der Waals surface area contributed by atoms with Gasteiger partial charge in [-0.1, -0.05) is 55.5 Å². The smallest absolute Gasteiger partial charge is 0.120 e. The quantitative estimate of drug-likeness (QED) is 0.459. The molecule has 1 saturated carbocycles. The van der Waals surface area contributed by atoms with Gasteiger partial charge in [-0.3, -0.25) is 9.80 Å². The van der Waals surface area contributed by atoms with Crippen LogP contribution in [0.4, 0.5) is 0 Å². The molecule has 0 aromatic heterocycles. The van der Waals surface area contributed by atoms with E-state index < -0.39 is 0 Å². The predicted molar refractivity (Wildman–Crippen MR) is 127 cm³/mol. The molecule has 3 heteroatoms. The van der Waals surface area contributed by atoms with E-state index in [0.29, 0.717) is 12.6 Å². The van der Waals surface area contributed by atoms with Gasteiger partial charge in [-0.2, -0.15) is 0 Å². The van der Waals surface area contributed by atoms with Gasteiger partial charge < -0.3 is 4.74 Å². The highest BCUT2D eigenvalue weighted by molar-refractivity contribution is 5.34. The van der Waals surface area contributed by atoms with E-state index in [-0.39, 0.29) is 5.54 Å². The maximum Gasteiger partial charge on any atom is 0.120 e. The monoisotopic (exact) mass is 406 g/mol. The highest BCUT2D eigenvalue weighted by Crippen LogP contribution is 2.43. The van der Waals surface area contributed by atoms with Crippen LogP contribution in [0, 0.1) is 0 Å². The van der Waals surface area contributed by atoms with E-state index in [1.807, 2.05) is 6.07 Å². The zero-order valence-corrected chi connectivity index (χ0v) is 19.0. The predicted octanol–water partition coefficient (Wildman–Crippen LogP) is 5.86. The molecule has 3 rings (SSSR count). The van der Waals surface area contributed by atoms with Crippen LogP contribution in [-0.4, -0.2) is 43.0 Å². The summed E-state index contributed by atoms with van der Waals surface area (Å²) in [5.74, 6) is 0.957. The third-order valence-electron chi connectivity index (χ3n) is 6.65. The van der Waals surface area contributed by atoms with Crippen LogP contribution in [0.25, 0.3) is 0 Å². The van der Waals surface area contributed by atoms with E-state index in [0.717, 1.165) is 18.8 Å². The average Bonchev–Trinajstić information content (AvgIpc) is 2.78. The first-order valence-electron chi connectivity index (χ1n) is 11.4. The Morgan fingerprint density at radius 2 is 1.80 bits per heavy atom. The van der Waals surface area contributed by atoms with Gasteiger partial charge >= 0.3 is 0 Å². The molecule has 1 fully saturated rings. The number of hydrogen-bond acceptors (Lipinski definition) is 3. The maximum absolute atomic E-state index is 6.13. The molecular weight excluding hydrogens is 368 g/mol. The molecule has 0 aliphatic heterocycles. The van der Waals surface area contributed by atoms with Crippen LogP contribution < -0.4 is 4.74 Å². The molecule has 162 valence electrons. The Morgan fingerprint density at radius 1 is 1.07 bits per heavy atom. The van der Waals surface area contributed by atoms with E-state index in [4.69, 9.17) is 4.74 Å². The van der Waals surface area contributed by atoms with E-state index >= 15 is 0 Å². The van der Waals surface area contributed by atoms with E-state index in [2.05, 4.69) is 92.0 Å². The van der Waals surface area contributed by atoms with Crippen molar-refractivity contribution in [1.82, 2.24) is 9.80 Å². The van der Waals surface area contributed by atoms with Crippen molar-refractivity contribution in [3.05, 3.63) is 78.4 Å². The zero-order chi connectivity index (χ0) is 21.4. The second-order valence-corrected chi connectivity index (χ2v) is 8.74. The number of rotatable bonds is 10. The lowest BCUT2D eigenvalue weighted by Gasteiger charge is -2.47. The fourth-order valence-corrected chi connectivity index (χ4v) is 4.93. The van der Waals surface area contributed by atoms with Gasteiger partial charge in [0, 0.05) is 18.1 Å². The Kier molecular flexibility index (Phi) is 8.12. The number of hydrogen-bond donors (Lipinski definition) is 0. The summed E-state index contributed by atoms with van der Waals surface area (Å²) in [6.45, 7) is 9.00. The molecule has 0 N–H and O–H groups in total. The third kappa shape index (κ3) is 5.33. The Bertz CT molecular complexity index is 778. The molecular formula is C27H38N2O. The summed E-state index contributed by atoms with van der Waals surface area (Å²) in [4.78, 5) is 5.04. The summed E-state index contributed by atoms with van der Waals surface area (Å²) in [5, 5.41) is 0. The van der Waals surface area contributed by atoms with E-state index in [1.165, 1.54) is 43.2 Å². The first-order chi connectivity index (χ1) is 14.6. The molecule has 1 aliphatic rings. The summed E-state index contributed by atoms with van der Waals surface area (Å²) in [5.41, 5.74) is 2.65. The van der Waals surface area contributed by atoms with Crippen LogP contribution in [0.15, 0.2) is 67.3 Å². The Balaban J connectivity index is 1.72. The van der Waals surface area contributed by atoms with Crippen molar-refractivity contribution in [2.75, 3.05) is 27.2 Å². The molecule has 0 heterocycles. The third-order valence-corrected chi connectivity index (χ3v) is 6.65. The Labute approximate surface area is 183 Å². The van der Waals surface area contributed by atoms with Gasteiger partial charge in [0.15, 0.2) is 0 Å². The highest BCUT2D eigenvalue weighted by atomic mass is 16.5. The minimum absolute atomic E-state index is 0.0781. The Hall–Kier alpha value is -2.10. The molecule has 2 aromatic carbocycles. The molecule has 0 unspecified atom stereocenters. The maximum atomic E-state index is 6.13. The van der Waals surface area contributed by atoms with Crippen LogP contribution in [0.3, 0.4) is 0 Å². The van der Waals surface area contributed by atoms with Crippen LogP contribution in [0.2, 0.25) is 0 Å². The van der Waals surface area contributed by atoms with Crippen LogP contribution in [0.5, 0.6) is 5.75 Å². The summed E-state index contributed by atoms with van der Waals surface area (Å²) in [6, 6.07) is 19.8. The van der Waals surface area contributed by atoms with Gasteiger partial charge in [0.1, 0.15) is 12.4 Å². The number of nitrogens with zero attached hydrogens (tertiary/aromatic N) is 2. The molecule has 2 aromatic rings. The molecule has 0 amide bonds. The van der Waals surface area contributed by atoms with Gasteiger partial charge in [-0.05, 0) is 76.0 Å². The SMILES string of the molecule is C=CCN(CCC)C1CCC(c2cccc(OCc3ccccc3)c2)(N(C)C)CC1. The van der Waals surface area contributed by atoms with E-state index in [1.54, 1.807) is 0 Å². The van der Waals surface area contributed by atoms with Crippen molar-refractivity contribution < 1.29 is 4.74 Å². The minimum atomic E-state index is 0.0781. The van der Waals surface area contributed by atoms with Crippen LogP contribution in [-0.2, 0) is 12.1 Å². The van der Waals surface area contributed by atoms with Crippen molar-refractivity contribution >= 4 is 0 Å². The van der Waals surface area contributed by atoms with Gasteiger partial charge in [-0.25, -0.2) is 0 Å². The minimum Gasteiger partial charge on any atom is -0.489 e. The van der Waals surface area contributed by atoms with Crippen molar-refractivity contribution in [2.45, 2.75) is 57.2 Å². The van der Waals surface area contributed by atoms with Gasteiger partial charge in [0.2, 0.25) is 0 Å². The second kappa shape index (κ2) is 10.8. The van der Waals surface area contributed by atoms with Gasteiger partial charge in [0.25, 0.3) is 0 Å². The summed E-state index contributed by atoms with van der Waals surface area (Å²) >= 11 is 0. The summed E-state index contributed by atoms with van der Waals surface area (Å²) in [6.07, 6.45) is 8.04. The fraction of sp³-hybridized carbons (Fsp3) is 0.481. The largest absolute Gasteiger partial charge is 0.489 e. The van der Waals surface area contributed by atoms with Crippen molar-refractivity contribution in [3.63, 3.8) is 0 Å². The molecule has 30 heavy (non-hydrogen) atoms. The molecule has 0 bridgehead atoms. The normalized spacial score (nSPS) is 21.7. The van der Waals surface area contributed by atoms with Crippen molar-refractivity contribution in [3.8, 4) is 5.75 Å². The van der Waals surface area contributed by atoms with Crippen LogP contribution in [0.1, 0.15) is 50.2 Å². The molecule has 3 nitrogen and oxygen atoms in total. The Morgan fingerprint density at radius 3 is 2.43 bits per heavy atom. The molecule has 0 radical (unpaired) electrons. The van der Waals surface area contributed by atoms with Crippen molar-refractivity contribution in [1.29, 1.82) is 0 Å².